The fraction of sp³-hybridized carbons (Fsp3) is 0.833. The molecule has 4 N–H and O–H groups in total. The fourth-order valence-electron chi connectivity index (χ4n) is 1.34. The highest BCUT2D eigenvalue weighted by molar-refractivity contribution is 7.91. The first-order valence-corrected chi connectivity index (χ1v) is 5.53. The summed E-state index contributed by atoms with van der Waals surface area (Å²) in [4.78, 5) is 10.6. The summed E-state index contributed by atoms with van der Waals surface area (Å²) < 4.78 is 22.1. The maximum atomic E-state index is 11.0. The third-order valence-electron chi connectivity index (χ3n) is 1.86. The lowest BCUT2D eigenvalue weighted by molar-refractivity contribution is -0.415. The van der Waals surface area contributed by atoms with Gasteiger partial charge in [0.2, 0.25) is 5.91 Å². The van der Waals surface area contributed by atoms with E-state index in [9.17, 15) is 13.2 Å². The largest absolute Gasteiger partial charge is 0.353 e. The number of nitrogens with one attached hydrogen (secondary N) is 1. The Morgan fingerprint density at radius 3 is 2.42 bits per heavy atom. The second kappa shape index (κ2) is 3.02. The standard InChI is InChI=1S/C6H12N2O3S/c1-4(9)8-6-3-12(10,11)2-5(6)7/h5-6H,2-3,7H2,1H3,(H,8,9)/p+1/t5-,6+/m1/s1. The summed E-state index contributed by atoms with van der Waals surface area (Å²) in [5.74, 6) is -0.0932. The third-order valence-corrected chi connectivity index (χ3v) is 3.66. The van der Waals surface area contributed by atoms with Crippen molar-refractivity contribution in [2.24, 2.45) is 0 Å². The minimum atomic E-state index is -2.97. The smallest absolute Gasteiger partial charge is 0.217 e. The lowest BCUT2D eigenvalue weighted by Gasteiger charge is -2.10. The lowest BCUT2D eigenvalue weighted by Crippen LogP contribution is -2.69. The molecule has 0 saturated carbocycles. The van der Waals surface area contributed by atoms with Gasteiger partial charge in [-0.3, -0.25) is 4.79 Å². The number of hydrogen-bond donors (Lipinski definition) is 2. The molecule has 0 aliphatic carbocycles. The maximum Gasteiger partial charge on any atom is 0.217 e. The van der Waals surface area contributed by atoms with Crippen molar-refractivity contribution < 1.29 is 18.9 Å². The molecule has 0 bridgehead atoms. The average Bonchev–Trinajstić information content (AvgIpc) is 2.03. The summed E-state index contributed by atoms with van der Waals surface area (Å²) in [7, 11) is -2.97. The Labute approximate surface area is 71.2 Å². The number of rotatable bonds is 1. The highest BCUT2D eigenvalue weighted by Gasteiger charge is 2.38. The van der Waals surface area contributed by atoms with Crippen LogP contribution < -0.4 is 11.1 Å². The van der Waals surface area contributed by atoms with E-state index in [0.29, 0.717) is 0 Å². The fourth-order valence-corrected chi connectivity index (χ4v) is 3.26. The van der Waals surface area contributed by atoms with Crippen LogP contribution in [0.4, 0.5) is 0 Å². The summed E-state index contributed by atoms with van der Waals surface area (Å²) in [6, 6.07) is -0.508. The van der Waals surface area contributed by atoms with E-state index in [2.05, 4.69) is 11.1 Å². The molecule has 0 aromatic rings. The molecule has 0 spiro atoms. The van der Waals surface area contributed by atoms with Crippen LogP contribution in [0.2, 0.25) is 0 Å². The van der Waals surface area contributed by atoms with Crippen molar-refractivity contribution in [2.75, 3.05) is 11.5 Å². The Bertz CT molecular complexity index is 285. The van der Waals surface area contributed by atoms with Gasteiger partial charge in [-0.1, -0.05) is 0 Å². The Morgan fingerprint density at radius 1 is 1.50 bits per heavy atom. The van der Waals surface area contributed by atoms with Gasteiger partial charge in [0.25, 0.3) is 0 Å². The van der Waals surface area contributed by atoms with Crippen molar-refractivity contribution in [3.8, 4) is 0 Å². The normalized spacial score (nSPS) is 33.2. The molecule has 0 aromatic carbocycles. The number of amides is 1. The predicted octanol–water partition coefficient (Wildman–Crippen LogP) is -2.47. The number of carbonyl (C=O) groups excluding carboxylic acids is 1. The second-order valence-corrected chi connectivity index (χ2v) is 5.30. The molecule has 1 aliphatic rings. The maximum absolute atomic E-state index is 11.0. The highest BCUT2D eigenvalue weighted by atomic mass is 32.2. The molecule has 1 amide bonds. The van der Waals surface area contributed by atoms with Crippen molar-refractivity contribution in [2.45, 2.75) is 19.0 Å². The number of quaternary nitrogens is 1. The minimum absolute atomic E-state index is 0.0285. The first kappa shape index (κ1) is 9.47. The van der Waals surface area contributed by atoms with Crippen LogP contribution >= 0.6 is 0 Å². The molecule has 70 valence electrons. The van der Waals surface area contributed by atoms with Crippen molar-refractivity contribution >= 4 is 15.7 Å². The third kappa shape index (κ3) is 2.18. The molecule has 0 aromatic heterocycles. The van der Waals surface area contributed by atoms with E-state index < -0.39 is 9.84 Å². The molecular weight excluding hydrogens is 180 g/mol. The zero-order valence-corrected chi connectivity index (χ0v) is 7.73. The van der Waals surface area contributed by atoms with Gasteiger partial charge in [0.15, 0.2) is 9.84 Å². The van der Waals surface area contributed by atoms with Crippen LogP contribution in [-0.4, -0.2) is 37.9 Å². The van der Waals surface area contributed by atoms with Gasteiger partial charge in [0.05, 0.1) is 11.8 Å². The van der Waals surface area contributed by atoms with E-state index in [0.717, 1.165) is 0 Å². The van der Waals surface area contributed by atoms with E-state index in [-0.39, 0.29) is 29.5 Å². The SMILES string of the molecule is CC(=O)N[C@H]1CS(=O)(=O)C[C@H]1[NH3+]. The number of sulfone groups is 1. The molecule has 6 heteroatoms. The molecule has 1 aliphatic heterocycles. The molecule has 0 radical (unpaired) electrons. The van der Waals surface area contributed by atoms with Crippen LogP contribution in [0.15, 0.2) is 0 Å². The quantitative estimate of drug-likeness (QED) is 0.483. The number of hydrogen-bond acceptors (Lipinski definition) is 3. The molecule has 1 saturated heterocycles. The van der Waals surface area contributed by atoms with Gasteiger partial charge in [-0.15, -0.1) is 0 Å². The predicted molar refractivity (Wildman–Crippen MR) is 42.9 cm³/mol. The molecule has 5 nitrogen and oxygen atoms in total. The van der Waals surface area contributed by atoms with E-state index in [1.54, 1.807) is 0 Å². The van der Waals surface area contributed by atoms with Crippen LogP contribution in [0, 0.1) is 0 Å². The summed E-state index contributed by atoms with van der Waals surface area (Å²) in [6.07, 6.45) is 0. The summed E-state index contributed by atoms with van der Waals surface area (Å²) in [5, 5.41) is 2.57. The Hall–Kier alpha value is -0.620. The molecule has 0 unspecified atom stereocenters. The van der Waals surface area contributed by atoms with E-state index in [1.807, 2.05) is 0 Å². The Balaban J connectivity index is 2.64. The van der Waals surface area contributed by atoms with Crippen molar-refractivity contribution in [3.63, 3.8) is 0 Å². The Kier molecular flexibility index (Phi) is 2.39. The van der Waals surface area contributed by atoms with Crippen LogP contribution in [0.25, 0.3) is 0 Å². The Morgan fingerprint density at radius 2 is 2.08 bits per heavy atom. The van der Waals surface area contributed by atoms with E-state index in [1.165, 1.54) is 6.92 Å². The summed E-state index contributed by atoms with van der Waals surface area (Å²) >= 11 is 0. The zero-order chi connectivity index (χ0) is 9.35. The first-order valence-electron chi connectivity index (χ1n) is 3.71. The van der Waals surface area contributed by atoms with Crippen molar-refractivity contribution in [1.82, 2.24) is 5.32 Å². The molecule has 1 heterocycles. The van der Waals surface area contributed by atoms with Gasteiger partial charge in [0, 0.05) is 6.92 Å². The van der Waals surface area contributed by atoms with E-state index in [4.69, 9.17) is 0 Å². The van der Waals surface area contributed by atoms with Crippen molar-refractivity contribution in [3.05, 3.63) is 0 Å². The van der Waals surface area contributed by atoms with Gasteiger partial charge in [-0.05, 0) is 0 Å². The van der Waals surface area contributed by atoms with Crippen LogP contribution in [0.3, 0.4) is 0 Å². The highest BCUT2D eigenvalue weighted by Crippen LogP contribution is 2.08. The minimum Gasteiger partial charge on any atom is -0.353 e. The summed E-state index contributed by atoms with van der Waals surface area (Å²) in [6.45, 7) is 1.37. The topological polar surface area (TPSA) is 90.9 Å². The molecule has 1 rings (SSSR count). The monoisotopic (exact) mass is 193 g/mol. The number of carbonyl (C=O) groups is 1. The first-order chi connectivity index (χ1) is 5.41. The van der Waals surface area contributed by atoms with Crippen LogP contribution in [0.5, 0.6) is 0 Å². The molecule has 12 heavy (non-hydrogen) atoms. The molecule has 1 fully saturated rings. The van der Waals surface area contributed by atoms with Gasteiger partial charge < -0.3 is 11.1 Å². The van der Waals surface area contributed by atoms with Gasteiger partial charge >= 0.3 is 0 Å². The van der Waals surface area contributed by atoms with Crippen LogP contribution in [0.1, 0.15) is 6.92 Å². The van der Waals surface area contributed by atoms with Gasteiger partial charge in [-0.25, -0.2) is 8.42 Å². The molecular formula is C6H13N2O3S+. The van der Waals surface area contributed by atoms with Gasteiger partial charge in [0.1, 0.15) is 11.8 Å². The second-order valence-electron chi connectivity index (χ2n) is 3.14. The zero-order valence-electron chi connectivity index (χ0n) is 6.91. The van der Waals surface area contributed by atoms with Crippen LogP contribution in [-0.2, 0) is 14.6 Å². The lowest BCUT2D eigenvalue weighted by atomic mass is 10.2. The molecule has 2 atom stereocenters. The van der Waals surface area contributed by atoms with Gasteiger partial charge in [-0.2, -0.15) is 0 Å². The summed E-state index contributed by atoms with van der Waals surface area (Å²) in [5.41, 5.74) is 3.67. The average molecular weight is 193 g/mol. The van der Waals surface area contributed by atoms with E-state index >= 15 is 0 Å². The van der Waals surface area contributed by atoms with Crippen molar-refractivity contribution in [1.29, 1.82) is 0 Å².